The van der Waals surface area contributed by atoms with Gasteiger partial charge in [-0.15, -0.1) is 11.8 Å². The molecule has 0 aromatic rings. The molecule has 0 bridgehead atoms. The number of allylic oxidation sites excluding steroid dienone is 3. The number of aliphatic carboxylic acids is 1. The number of carboxylic acid groups (broad SMARTS) is 1. The second-order valence-electron chi connectivity index (χ2n) is 5.89. The Kier molecular flexibility index (Phi) is 7.40. The largest absolute Gasteiger partial charge is 0.478 e. The van der Waals surface area contributed by atoms with E-state index in [-0.39, 0.29) is 17.8 Å². The van der Waals surface area contributed by atoms with Crippen LogP contribution in [0.4, 0.5) is 0 Å². The van der Waals surface area contributed by atoms with Gasteiger partial charge in [-0.3, -0.25) is 0 Å². The third-order valence-electron chi connectivity index (χ3n) is 3.39. The number of ether oxygens (including phenoxy) is 1. The van der Waals surface area contributed by atoms with Gasteiger partial charge in [-0.2, -0.15) is 5.26 Å². The van der Waals surface area contributed by atoms with Gasteiger partial charge in [0.2, 0.25) is 0 Å². The second kappa shape index (κ2) is 8.80. The van der Waals surface area contributed by atoms with Gasteiger partial charge in [-0.25, -0.2) is 4.79 Å². The summed E-state index contributed by atoms with van der Waals surface area (Å²) in [6.07, 6.45) is 7.92. The minimum Gasteiger partial charge on any atom is -0.478 e. The SMILES string of the molecule is CC1=CC(SCC(CO)CC#N)C=CC=C1OC(C)(C)C(=O)O. The summed E-state index contributed by atoms with van der Waals surface area (Å²) in [5, 5.41) is 27.2. The predicted octanol–water partition coefficient (Wildman–Crippen LogP) is 2.89. The number of carboxylic acids is 1. The van der Waals surface area contributed by atoms with E-state index in [1.807, 2.05) is 25.2 Å². The molecular weight excluding hydrogens is 314 g/mol. The molecule has 0 aliphatic heterocycles. The Bertz CT molecular complexity index is 557. The normalized spacial score (nSPS) is 19.2. The highest BCUT2D eigenvalue weighted by molar-refractivity contribution is 8.00. The van der Waals surface area contributed by atoms with Gasteiger partial charge in [0.05, 0.1) is 6.07 Å². The first-order chi connectivity index (χ1) is 10.8. The van der Waals surface area contributed by atoms with Crippen LogP contribution in [0.2, 0.25) is 0 Å². The van der Waals surface area contributed by atoms with Crippen molar-refractivity contribution in [3.8, 4) is 6.07 Å². The lowest BCUT2D eigenvalue weighted by molar-refractivity contribution is -0.156. The molecule has 0 aromatic heterocycles. The molecule has 23 heavy (non-hydrogen) atoms. The van der Waals surface area contributed by atoms with Crippen LogP contribution in [-0.4, -0.2) is 39.4 Å². The number of hydrogen-bond acceptors (Lipinski definition) is 5. The smallest absolute Gasteiger partial charge is 0.347 e. The lowest BCUT2D eigenvalue weighted by atomic mass is 10.1. The summed E-state index contributed by atoms with van der Waals surface area (Å²) in [7, 11) is 0. The molecule has 126 valence electrons. The van der Waals surface area contributed by atoms with Gasteiger partial charge in [0.25, 0.3) is 0 Å². The van der Waals surface area contributed by atoms with E-state index >= 15 is 0 Å². The van der Waals surface area contributed by atoms with E-state index in [4.69, 9.17) is 15.1 Å². The molecule has 0 aromatic carbocycles. The van der Waals surface area contributed by atoms with E-state index in [2.05, 4.69) is 6.07 Å². The third kappa shape index (κ3) is 6.12. The number of nitrogens with zero attached hydrogens (tertiary/aromatic N) is 1. The van der Waals surface area contributed by atoms with Crippen molar-refractivity contribution in [3.05, 3.63) is 35.6 Å². The van der Waals surface area contributed by atoms with E-state index in [0.29, 0.717) is 17.9 Å². The van der Waals surface area contributed by atoms with Gasteiger partial charge in [0, 0.05) is 29.9 Å². The van der Waals surface area contributed by atoms with Crippen LogP contribution in [0.25, 0.3) is 0 Å². The van der Waals surface area contributed by atoms with Crippen molar-refractivity contribution in [2.45, 2.75) is 38.0 Å². The van der Waals surface area contributed by atoms with Crippen LogP contribution < -0.4 is 0 Å². The first kappa shape index (κ1) is 19.3. The van der Waals surface area contributed by atoms with Crippen molar-refractivity contribution >= 4 is 17.7 Å². The summed E-state index contributed by atoms with van der Waals surface area (Å²) < 4.78 is 5.62. The Hall–Kier alpha value is -1.71. The van der Waals surface area contributed by atoms with Crippen molar-refractivity contribution in [2.24, 2.45) is 5.92 Å². The van der Waals surface area contributed by atoms with E-state index in [9.17, 15) is 9.90 Å². The Labute approximate surface area is 141 Å². The summed E-state index contributed by atoms with van der Waals surface area (Å²) in [6.45, 7) is 4.90. The van der Waals surface area contributed by atoms with Crippen LogP contribution in [0, 0.1) is 17.2 Å². The maximum Gasteiger partial charge on any atom is 0.347 e. The van der Waals surface area contributed by atoms with Crippen LogP contribution in [0.15, 0.2) is 35.6 Å². The minimum absolute atomic E-state index is 0.000890. The number of thioether (sulfide) groups is 1. The van der Waals surface area contributed by atoms with Gasteiger partial charge in [0.1, 0.15) is 5.76 Å². The third-order valence-corrected chi connectivity index (χ3v) is 4.74. The standard InChI is InChI=1S/C17H23NO4S/c1-12-9-14(23-11-13(10-19)7-8-18)5-4-6-15(12)22-17(2,3)16(20)21/h4-6,9,13-14,19H,7,10-11H2,1-3H3,(H,20,21). The fraction of sp³-hybridized carbons (Fsp3) is 0.529. The average Bonchev–Trinajstić information content (AvgIpc) is 2.65. The van der Waals surface area contributed by atoms with Crippen molar-refractivity contribution in [1.29, 1.82) is 5.26 Å². The number of rotatable bonds is 8. The van der Waals surface area contributed by atoms with E-state index < -0.39 is 11.6 Å². The molecule has 2 unspecified atom stereocenters. The molecule has 0 saturated carbocycles. The van der Waals surface area contributed by atoms with Crippen molar-refractivity contribution < 1.29 is 19.7 Å². The molecule has 0 saturated heterocycles. The molecule has 0 heterocycles. The monoisotopic (exact) mass is 337 g/mol. The maximum absolute atomic E-state index is 11.2. The molecule has 0 spiro atoms. The highest BCUT2D eigenvalue weighted by Gasteiger charge is 2.30. The van der Waals surface area contributed by atoms with E-state index in [1.165, 1.54) is 13.8 Å². The number of aliphatic hydroxyl groups is 1. The van der Waals surface area contributed by atoms with Crippen LogP contribution in [0.3, 0.4) is 0 Å². The molecule has 1 rings (SSSR count). The summed E-state index contributed by atoms with van der Waals surface area (Å²) in [5.74, 6) is 0.157. The topological polar surface area (TPSA) is 90.5 Å². The molecule has 0 amide bonds. The zero-order chi connectivity index (χ0) is 17.5. The summed E-state index contributed by atoms with van der Waals surface area (Å²) in [5.41, 5.74) is -0.432. The Morgan fingerprint density at radius 1 is 1.57 bits per heavy atom. The predicted molar refractivity (Wildman–Crippen MR) is 90.8 cm³/mol. The highest BCUT2D eigenvalue weighted by atomic mass is 32.2. The Morgan fingerprint density at radius 3 is 2.83 bits per heavy atom. The van der Waals surface area contributed by atoms with Crippen molar-refractivity contribution in [2.75, 3.05) is 12.4 Å². The van der Waals surface area contributed by atoms with E-state index in [0.717, 1.165) is 5.57 Å². The number of hydrogen-bond donors (Lipinski definition) is 2. The van der Waals surface area contributed by atoms with E-state index in [1.54, 1.807) is 17.8 Å². The molecule has 0 fully saturated rings. The fourth-order valence-corrected chi connectivity index (χ4v) is 3.08. The zero-order valence-corrected chi connectivity index (χ0v) is 14.5. The quantitative estimate of drug-likeness (QED) is 0.708. The van der Waals surface area contributed by atoms with Crippen LogP contribution in [0.5, 0.6) is 0 Å². The van der Waals surface area contributed by atoms with Gasteiger partial charge in [-0.1, -0.05) is 18.2 Å². The number of aliphatic hydroxyl groups excluding tert-OH is 1. The number of carbonyl (C=O) groups is 1. The summed E-state index contributed by atoms with van der Waals surface area (Å²) in [4.78, 5) is 11.2. The highest BCUT2D eigenvalue weighted by Crippen LogP contribution is 2.27. The van der Waals surface area contributed by atoms with Crippen molar-refractivity contribution in [1.82, 2.24) is 0 Å². The Balaban J connectivity index is 2.72. The second-order valence-corrected chi connectivity index (χ2v) is 7.10. The molecule has 5 nitrogen and oxygen atoms in total. The van der Waals surface area contributed by atoms with Crippen molar-refractivity contribution in [3.63, 3.8) is 0 Å². The lowest BCUT2D eigenvalue weighted by Crippen LogP contribution is -2.34. The molecule has 2 atom stereocenters. The lowest BCUT2D eigenvalue weighted by Gasteiger charge is -2.23. The molecule has 6 heteroatoms. The van der Waals surface area contributed by atoms with Gasteiger partial charge < -0.3 is 14.9 Å². The molecule has 0 radical (unpaired) electrons. The molecule has 2 N–H and O–H groups in total. The van der Waals surface area contributed by atoms with Crippen LogP contribution in [-0.2, 0) is 9.53 Å². The maximum atomic E-state index is 11.2. The molecule has 1 aliphatic carbocycles. The molecular formula is C17H23NO4S. The summed E-state index contributed by atoms with van der Waals surface area (Å²) in [6, 6.07) is 2.08. The molecule has 1 aliphatic rings. The first-order valence-electron chi connectivity index (χ1n) is 7.39. The Morgan fingerprint density at radius 2 is 2.26 bits per heavy atom. The average molecular weight is 337 g/mol. The zero-order valence-electron chi connectivity index (χ0n) is 13.7. The van der Waals surface area contributed by atoms with Gasteiger partial charge in [-0.05, 0) is 32.4 Å². The van der Waals surface area contributed by atoms with Crippen LogP contribution in [0.1, 0.15) is 27.2 Å². The summed E-state index contributed by atoms with van der Waals surface area (Å²) >= 11 is 1.63. The van der Waals surface area contributed by atoms with Crippen LogP contribution >= 0.6 is 11.8 Å². The fourth-order valence-electron chi connectivity index (χ4n) is 1.86. The number of nitriles is 1. The van der Waals surface area contributed by atoms with Gasteiger partial charge in [0.15, 0.2) is 5.60 Å². The van der Waals surface area contributed by atoms with Gasteiger partial charge >= 0.3 is 5.97 Å². The first-order valence-corrected chi connectivity index (χ1v) is 8.44. The minimum atomic E-state index is -1.30.